The van der Waals surface area contributed by atoms with E-state index in [0.29, 0.717) is 13.0 Å². The van der Waals surface area contributed by atoms with Gasteiger partial charge in [0.25, 0.3) is 5.91 Å². The molecule has 1 atom stereocenters. The lowest BCUT2D eigenvalue weighted by atomic mass is 9.98. The lowest BCUT2D eigenvalue weighted by Gasteiger charge is -2.22. The summed E-state index contributed by atoms with van der Waals surface area (Å²) in [5, 5.41) is 13.5. The number of rotatable bonds is 6. The van der Waals surface area contributed by atoms with Crippen LogP contribution in [0.25, 0.3) is 11.1 Å². The predicted octanol–water partition coefficient (Wildman–Crippen LogP) is 4.58. The zero-order valence-corrected chi connectivity index (χ0v) is 19.1. The highest BCUT2D eigenvalue weighted by Crippen LogP contribution is 2.44. The number of hydrogen-bond donors (Lipinski definition) is 2. The summed E-state index contributed by atoms with van der Waals surface area (Å²) in [4.78, 5) is 42.1. The number of thiazole rings is 1. The number of nitrogens with zero attached hydrogens (tertiary/aromatic N) is 2. The maximum Gasteiger partial charge on any atom is 0.413 e. The number of carboxylic acids is 1. The first kappa shape index (κ1) is 22.1. The number of anilines is 1. The molecule has 0 spiro atoms. The fraction of sp³-hybridized carbons (Fsp3) is 0.280. The molecule has 5 rings (SSSR count). The van der Waals surface area contributed by atoms with Gasteiger partial charge in [-0.1, -0.05) is 48.5 Å². The van der Waals surface area contributed by atoms with E-state index in [1.165, 1.54) is 0 Å². The summed E-state index contributed by atoms with van der Waals surface area (Å²) in [6.45, 7) is 0.686. The molecular weight excluding hydrogens is 454 g/mol. The zero-order valence-electron chi connectivity index (χ0n) is 18.3. The molecule has 2 N–H and O–H groups in total. The Hall–Kier alpha value is -3.72. The van der Waals surface area contributed by atoms with Gasteiger partial charge in [-0.15, -0.1) is 11.3 Å². The van der Waals surface area contributed by atoms with Crippen molar-refractivity contribution < 1.29 is 24.2 Å². The van der Waals surface area contributed by atoms with Gasteiger partial charge >= 0.3 is 12.1 Å². The van der Waals surface area contributed by atoms with Crippen LogP contribution in [0.1, 0.15) is 46.8 Å². The van der Waals surface area contributed by atoms with Gasteiger partial charge in [-0.2, -0.15) is 0 Å². The van der Waals surface area contributed by atoms with E-state index in [-0.39, 0.29) is 41.7 Å². The number of benzene rings is 2. The lowest BCUT2D eigenvalue weighted by Crippen LogP contribution is -2.37. The monoisotopic (exact) mass is 477 g/mol. The molecular formula is C25H23N3O5S. The third-order valence-electron chi connectivity index (χ3n) is 6.32. The highest BCUT2D eigenvalue weighted by molar-refractivity contribution is 7.14. The number of carbonyl (C=O) groups excluding carboxylic acids is 2. The number of carboxylic acid groups (broad SMARTS) is 1. The Morgan fingerprint density at radius 2 is 1.76 bits per heavy atom. The van der Waals surface area contributed by atoms with Gasteiger partial charge in [-0.3, -0.25) is 14.9 Å². The summed E-state index contributed by atoms with van der Waals surface area (Å²) in [6.07, 6.45) is 0.701. The van der Waals surface area contributed by atoms with Crippen LogP contribution in [-0.2, 0) is 9.53 Å². The van der Waals surface area contributed by atoms with Gasteiger partial charge in [0, 0.05) is 23.9 Å². The van der Waals surface area contributed by atoms with Crippen molar-refractivity contribution in [3.8, 4) is 11.1 Å². The van der Waals surface area contributed by atoms with Crippen LogP contribution in [-0.4, -0.2) is 52.2 Å². The smallest absolute Gasteiger partial charge is 0.413 e. The number of carbonyl (C=O) groups is 3. The third-order valence-corrected chi connectivity index (χ3v) is 7.08. The normalized spacial score (nSPS) is 16.7. The molecule has 1 unspecified atom stereocenters. The molecule has 2 amide bonds. The summed E-state index contributed by atoms with van der Waals surface area (Å²) >= 11 is 1.13. The van der Waals surface area contributed by atoms with Crippen molar-refractivity contribution in [3.05, 3.63) is 70.7 Å². The molecule has 0 bridgehead atoms. The molecule has 1 fully saturated rings. The van der Waals surface area contributed by atoms with E-state index in [1.54, 1.807) is 10.3 Å². The molecule has 174 valence electrons. The van der Waals surface area contributed by atoms with E-state index in [0.717, 1.165) is 40.0 Å². The fourth-order valence-electron chi connectivity index (χ4n) is 4.82. The Balaban J connectivity index is 1.21. The van der Waals surface area contributed by atoms with Gasteiger partial charge in [-0.25, -0.2) is 9.78 Å². The number of amides is 2. The fourth-order valence-corrected chi connectivity index (χ4v) is 5.49. The summed E-state index contributed by atoms with van der Waals surface area (Å²) < 4.78 is 5.53. The van der Waals surface area contributed by atoms with Crippen LogP contribution in [0.5, 0.6) is 0 Å². The van der Waals surface area contributed by atoms with Crippen molar-refractivity contribution in [1.29, 1.82) is 0 Å². The molecule has 1 aliphatic heterocycles. The second kappa shape index (κ2) is 9.26. The van der Waals surface area contributed by atoms with E-state index in [1.807, 2.05) is 24.3 Å². The van der Waals surface area contributed by atoms with Gasteiger partial charge in [0.15, 0.2) is 5.13 Å². The highest BCUT2D eigenvalue weighted by Gasteiger charge is 2.32. The zero-order chi connectivity index (χ0) is 23.7. The van der Waals surface area contributed by atoms with Crippen molar-refractivity contribution in [2.75, 3.05) is 18.5 Å². The van der Waals surface area contributed by atoms with E-state index < -0.39 is 12.1 Å². The first-order valence-corrected chi connectivity index (χ1v) is 12.0. The van der Waals surface area contributed by atoms with Crippen LogP contribution in [0, 0.1) is 0 Å². The van der Waals surface area contributed by atoms with E-state index in [9.17, 15) is 14.4 Å². The van der Waals surface area contributed by atoms with Gasteiger partial charge in [0.2, 0.25) is 0 Å². The Morgan fingerprint density at radius 3 is 2.44 bits per heavy atom. The molecule has 2 aliphatic rings. The molecule has 1 aromatic heterocycles. The standard InChI is InChI=1S/C25H23N3O5S/c29-22(30)12-15-6-5-11-28(15)23(31)21-14-34-24(26-21)27-25(32)33-13-20-18-9-3-1-7-16(18)17-8-2-4-10-19(17)20/h1-4,7-10,14-15,20H,5-6,11-13H2,(H,29,30)(H,26,27,32). The van der Waals surface area contributed by atoms with Gasteiger partial charge in [-0.05, 0) is 35.1 Å². The molecule has 0 saturated carbocycles. The van der Waals surface area contributed by atoms with Crippen LogP contribution in [0.4, 0.5) is 9.93 Å². The van der Waals surface area contributed by atoms with Crippen LogP contribution >= 0.6 is 11.3 Å². The third kappa shape index (κ3) is 4.26. The number of fused-ring (bicyclic) bond motifs is 3. The number of likely N-dealkylation sites (tertiary alicyclic amines) is 1. The minimum absolute atomic E-state index is 0.0482. The van der Waals surface area contributed by atoms with E-state index >= 15 is 0 Å². The topological polar surface area (TPSA) is 109 Å². The van der Waals surface area contributed by atoms with Crippen molar-refractivity contribution in [2.24, 2.45) is 0 Å². The van der Waals surface area contributed by atoms with Gasteiger partial charge in [0.1, 0.15) is 12.3 Å². The molecule has 2 aromatic carbocycles. The molecule has 2 heterocycles. The SMILES string of the molecule is O=C(O)CC1CCCN1C(=O)c1csc(NC(=O)OCC2c3ccccc3-c3ccccc32)n1. The number of nitrogens with one attached hydrogen (secondary N) is 1. The van der Waals surface area contributed by atoms with Crippen molar-refractivity contribution >= 4 is 34.4 Å². The van der Waals surface area contributed by atoms with Gasteiger partial charge < -0.3 is 14.7 Å². The van der Waals surface area contributed by atoms with E-state index in [4.69, 9.17) is 9.84 Å². The Kier molecular flexibility index (Phi) is 6.02. The Morgan fingerprint density at radius 1 is 1.09 bits per heavy atom. The van der Waals surface area contributed by atoms with Crippen LogP contribution in [0.3, 0.4) is 0 Å². The number of aliphatic carboxylic acids is 1. The summed E-state index contributed by atoms with van der Waals surface area (Å²) in [5.41, 5.74) is 4.74. The van der Waals surface area contributed by atoms with Crippen LogP contribution in [0.15, 0.2) is 53.9 Å². The summed E-state index contributed by atoms with van der Waals surface area (Å²) in [5.74, 6) is -1.30. The largest absolute Gasteiger partial charge is 0.481 e. The second-order valence-corrected chi connectivity index (χ2v) is 9.24. The Labute approximate surface area is 200 Å². The molecule has 8 nitrogen and oxygen atoms in total. The Bertz CT molecular complexity index is 1210. The molecule has 9 heteroatoms. The lowest BCUT2D eigenvalue weighted by molar-refractivity contribution is -0.137. The molecule has 1 saturated heterocycles. The maximum absolute atomic E-state index is 12.8. The molecule has 0 radical (unpaired) electrons. The maximum atomic E-state index is 12.8. The quantitative estimate of drug-likeness (QED) is 0.538. The van der Waals surface area contributed by atoms with Crippen molar-refractivity contribution in [2.45, 2.75) is 31.2 Å². The summed E-state index contributed by atoms with van der Waals surface area (Å²) in [7, 11) is 0. The predicted molar refractivity (Wildman–Crippen MR) is 127 cm³/mol. The van der Waals surface area contributed by atoms with Crippen LogP contribution < -0.4 is 5.32 Å². The number of aromatic nitrogens is 1. The van der Waals surface area contributed by atoms with Gasteiger partial charge in [0.05, 0.1) is 6.42 Å². The minimum Gasteiger partial charge on any atom is -0.481 e. The molecule has 3 aromatic rings. The number of hydrogen-bond acceptors (Lipinski definition) is 6. The summed E-state index contributed by atoms with van der Waals surface area (Å²) in [6, 6.07) is 15.9. The van der Waals surface area contributed by atoms with Crippen LogP contribution in [0.2, 0.25) is 0 Å². The first-order valence-electron chi connectivity index (χ1n) is 11.1. The average Bonchev–Trinajstić information content (AvgIpc) is 3.55. The highest BCUT2D eigenvalue weighted by atomic mass is 32.1. The molecule has 34 heavy (non-hydrogen) atoms. The second-order valence-electron chi connectivity index (χ2n) is 8.38. The first-order chi connectivity index (χ1) is 16.5. The number of ether oxygens (including phenoxy) is 1. The van der Waals surface area contributed by atoms with E-state index in [2.05, 4.69) is 34.6 Å². The minimum atomic E-state index is -0.930. The van der Waals surface area contributed by atoms with Crippen molar-refractivity contribution in [1.82, 2.24) is 9.88 Å². The average molecular weight is 478 g/mol. The van der Waals surface area contributed by atoms with Crippen molar-refractivity contribution in [3.63, 3.8) is 0 Å². The molecule has 1 aliphatic carbocycles.